The predicted octanol–water partition coefficient (Wildman–Crippen LogP) is 4.68. The summed E-state index contributed by atoms with van der Waals surface area (Å²) in [4.78, 5) is 18.5. The summed E-state index contributed by atoms with van der Waals surface area (Å²) in [5.41, 5.74) is 2.92. The van der Waals surface area contributed by atoms with Gasteiger partial charge in [0.15, 0.2) is 0 Å². The number of nitrogens with zero attached hydrogens (tertiary/aromatic N) is 2. The number of halogens is 1. The smallest absolute Gasteiger partial charge is 0.229 e. The molecule has 2 aromatic carbocycles. The summed E-state index contributed by atoms with van der Waals surface area (Å²) in [7, 11) is 1.98. The van der Waals surface area contributed by atoms with Crippen LogP contribution in [-0.4, -0.2) is 17.9 Å². The number of hydrogen-bond acceptors (Lipinski definition) is 3. The normalized spacial score (nSPS) is 10.3. The van der Waals surface area contributed by atoms with Gasteiger partial charge in [0, 0.05) is 17.8 Å². The molecule has 1 N–H and O–H groups in total. The van der Waals surface area contributed by atoms with Gasteiger partial charge < -0.3 is 10.2 Å². The third-order valence-corrected chi connectivity index (χ3v) is 4.08. The SMILES string of the molecule is CN(c1ccccc1)c1ccc(NC(=O)Cc2ccc(Cl)cc2)nc1. The van der Waals surface area contributed by atoms with Gasteiger partial charge in [-0.2, -0.15) is 0 Å². The van der Waals surface area contributed by atoms with Gasteiger partial charge in [-0.25, -0.2) is 4.98 Å². The summed E-state index contributed by atoms with van der Waals surface area (Å²) in [5.74, 6) is 0.420. The molecule has 0 aliphatic heterocycles. The van der Waals surface area contributed by atoms with Gasteiger partial charge in [0.1, 0.15) is 5.82 Å². The van der Waals surface area contributed by atoms with Gasteiger partial charge in [-0.3, -0.25) is 4.79 Å². The van der Waals surface area contributed by atoms with Gasteiger partial charge in [0.2, 0.25) is 5.91 Å². The number of para-hydroxylation sites is 1. The van der Waals surface area contributed by atoms with Gasteiger partial charge in [0.25, 0.3) is 0 Å². The molecular weight excluding hydrogens is 334 g/mol. The largest absolute Gasteiger partial charge is 0.343 e. The summed E-state index contributed by atoms with van der Waals surface area (Å²) < 4.78 is 0. The standard InChI is InChI=1S/C20H18ClN3O/c1-24(17-5-3-2-4-6-17)18-11-12-19(22-14-18)23-20(25)13-15-7-9-16(21)10-8-15/h2-12,14H,13H2,1H3,(H,22,23,25). The molecule has 0 fully saturated rings. The average molecular weight is 352 g/mol. The number of anilines is 3. The van der Waals surface area contributed by atoms with E-state index in [1.165, 1.54) is 0 Å². The van der Waals surface area contributed by atoms with E-state index in [4.69, 9.17) is 11.6 Å². The Morgan fingerprint density at radius 1 is 1.00 bits per heavy atom. The highest BCUT2D eigenvalue weighted by atomic mass is 35.5. The van der Waals surface area contributed by atoms with E-state index in [-0.39, 0.29) is 12.3 Å². The number of pyridine rings is 1. The molecule has 0 spiro atoms. The maximum Gasteiger partial charge on any atom is 0.229 e. The summed E-state index contributed by atoms with van der Waals surface area (Å²) in [6, 6.07) is 21.0. The Kier molecular flexibility index (Phi) is 5.31. The monoisotopic (exact) mass is 351 g/mol. The Bertz CT molecular complexity index is 833. The lowest BCUT2D eigenvalue weighted by Gasteiger charge is -2.19. The van der Waals surface area contributed by atoms with Gasteiger partial charge in [-0.05, 0) is 42.0 Å². The lowest BCUT2D eigenvalue weighted by Crippen LogP contribution is -2.15. The number of aromatic nitrogens is 1. The Balaban J connectivity index is 1.62. The van der Waals surface area contributed by atoms with E-state index in [2.05, 4.69) is 10.3 Å². The molecule has 0 saturated heterocycles. The minimum Gasteiger partial charge on any atom is -0.343 e. The van der Waals surface area contributed by atoms with Crippen molar-refractivity contribution in [3.05, 3.63) is 83.5 Å². The van der Waals surface area contributed by atoms with E-state index in [1.54, 1.807) is 24.4 Å². The van der Waals surface area contributed by atoms with Crippen molar-refractivity contribution in [3.63, 3.8) is 0 Å². The van der Waals surface area contributed by atoms with Crippen LogP contribution in [0.25, 0.3) is 0 Å². The van der Waals surface area contributed by atoms with E-state index >= 15 is 0 Å². The van der Waals surface area contributed by atoms with Crippen LogP contribution < -0.4 is 10.2 Å². The molecule has 1 heterocycles. The molecule has 0 aliphatic rings. The highest BCUT2D eigenvalue weighted by molar-refractivity contribution is 6.30. The predicted molar refractivity (Wildman–Crippen MR) is 103 cm³/mol. The molecule has 4 nitrogen and oxygen atoms in total. The van der Waals surface area contributed by atoms with Crippen LogP contribution in [0.5, 0.6) is 0 Å². The molecule has 126 valence electrons. The highest BCUT2D eigenvalue weighted by Gasteiger charge is 2.07. The van der Waals surface area contributed by atoms with Crippen molar-refractivity contribution < 1.29 is 4.79 Å². The van der Waals surface area contributed by atoms with Gasteiger partial charge in [0.05, 0.1) is 18.3 Å². The Labute approximate surface area is 152 Å². The van der Waals surface area contributed by atoms with Crippen molar-refractivity contribution in [1.29, 1.82) is 0 Å². The Morgan fingerprint density at radius 2 is 1.72 bits per heavy atom. The molecule has 3 rings (SSSR count). The van der Waals surface area contributed by atoms with Crippen molar-refractivity contribution >= 4 is 34.7 Å². The zero-order valence-electron chi connectivity index (χ0n) is 13.8. The summed E-state index contributed by atoms with van der Waals surface area (Å²) in [6.07, 6.45) is 2.02. The molecule has 0 bridgehead atoms. The summed E-state index contributed by atoms with van der Waals surface area (Å²) in [6.45, 7) is 0. The molecule has 5 heteroatoms. The quantitative estimate of drug-likeness (QED) is 0.725. The number of carbonyl (C=O) groups excluding carboxylic acids is 1. The third kappa shape index (κ3) is 4.58. The van der Waals surface area contributed by atoms with Crippen LogP contribution in [0.1, 0.15) is 5.56 Å². The lowest BCUT2D eigenvalue weighted by atomic mass is 10.1. The van der Waals surface area contributed by atoms with Crippen LogP contribution in [0.3, 0.4) is 0 Å². The lowest BCUT2D eigenvalue weighted by molar-refractivity contribution is -0.115. The Hall–Kier alpha value is -2.85. The fourth-order valence-corrected chi connectivity index (χ4v) is 2.56. The number of benzene rings is 2. The van der Waals surface area contributed by atoms with Crippen molar-refractivity contribution in [3.8, 4) is 0 Å². The fourth-order valence-electron chi connectivity index (χ4n) is 2.43. The molecule has 0 unspecified atom stereocenters. The van der Waals surface area contributed by atoms with E-state index in [1.807, 2.05) is 60.5 Å². The molecule has 1 aromatic heterocycles. The first kappa shape index (κ1) is 17.0. The second-order valence-corrected chi connectivity index (χ2v) is 6.08. The minimum atomic E-state index is -0.112. The van der Waals surface area contributed by atoms with Crippen LogP contribution >= 0.6 is 11.6 Å². The van der Waals surface area contributed by atoms with Crippen LogP contribution in [0, 0.1) is 0 Å². The third-order valence-electron chi connectivity index (χ3n) is 3.82. The van der Waals surface area contributed by atoms with Crippen molar-refractivity contribution in [1.82, 2.24) is 4.98 Å². The zero-order valence-corrected chi connectivity index (χ0v) is 14.6. The number of amides is 1. The first-order chi connectivity index (χ1) is 12.1. The molecule has 3 aromatic rings. The number of hydrogen-bond donors (Lipinski definition) is 1. The van der Waals surface area contributed by atoms with Gasteiger partial charge in [-0.1, -0.05) is 41.9 Å². The van der Waals surface area contributed by atoms with E-state index in [0.717, 1.165) is 16.9 Å². The van der Waals surface area contributed by atoms with Gasteiger partial charge in [-0.15, -0.1) is 0 Å². The molecule has 0 saturated carbocycles. The number of carbonyl (C=O) groups is 1. The van der Waals surface area contributed by atoms with E-state index in [9.17, 15) is 4.79 Å². The first-order valence-electron chi connectivity index (χ1n) is 7.91. The van der Waals surface area contributed by atoms with E-state index < -0.39 is 0 Å². The van der Waals surface area contributed by atoms with Crippen LogP contribution in [-0.2, 0) is 11.2 Å². The van der Waals surface area contributed by atoms with Crippen molar-refractivity contribution in [2.45, 2.75) is 6.42 Å². The number of rotatable bonds is 5. The molecular formula is C20H18ClN3O. The molecule has 0 radical (unpaired) electrons. The first-order valence-corrected chi connectivity index (χ1v) is 8.29. The highest BCUT2D eigenvalue weighted by Crippen LogP contribution is 2.23. The van der Waals surface area contributed by atoms with Gasteiger partial charge >= 0.3 is 0 Å². The molecule has 25 heavy (non-hydrogen) atoms. The maximum atomic E-state index is 12.1. The number of nitrogens with one attached hydrogen (secondary N) is 1. The molecule has 0 atom stereocenters. The summed E-state index contributed by atoms with van der Waals surface area (Å²) in [5, 5.41) is 3.47. The average Bonchev–Trinajstić information content (AvgIpc) is 2.64. The summed E-state index contributed by atoms with van der Waals surface area (Å²) >= 11 is 5.85. The maximum absolute atomic E-state index is 12.1. The van der Waals surface area contributed by atoms with Crippen molar-refractivity contribution in [2.75, 3.05) is 17.3 Å². The second-order valence-electron chi connectivity index (χ2n) is 5.65. The Morgan fingerprint density at radius 3 is 2.36 bits per heavy atom. The topological polar surface area (TPSA) is 45.2 Å². The van der Waals surface area contributed by atoms with E-state index in [0.29, 0.717) is 10.8 Å². The van der Waals surface area contributed by atoms with Crippen LogP contribution in [0.4, 0.5) is 17.2 Å². The zero-order chi connectivity index (χ0) is 17.6. The molecule has 0 aliphatic carbocycles. The van der Waals surface area contributed by atoms with Crippen LogP contribution in [0.15, 0.2) is 72.9 Å². The fraction of sp³-hybridized carbons (Fsp3) is 0.100. The minimum absolute atomic E-state index is 0.112. The molecule has 1 amide bonds. The van der Waals surface area contributed by atoms with Crippen LogP contribution in [0.2, 0.25) is 5.02 Å². The second kappa shape index (κ2) is 7.81. The van der Waals surface area contributed by atoms with Crippen molar-refractivity contribution in [2.24, 2.45) is 0 Å².